The van der Waals surface area contributed by atoms with Gasteiger partial charge in [-0.1, -0.05) is 31.9 Å². The molecule has 2 rings (SSSR count). The molecule has 0 saturated heterocycles. The molecule has 4 nitrogen and oxygen atoms in total. The molecular formula is C15H20N2O2S. The standard InChI is InChI=1S/C15H20N2O2S/c1-12-4-2-3-5-15(12)17-20(18,19)11-14-8-6-13(10-16)7-9-14/h6-9,12,15,17H,2-5,11H2,1H3. The number of rotatable bonds is 4. The van der Waals surface area contributed by atoms with E-state index in [0.29, 0.717) is 17.0 Å². The van der Waals surface area contributed by atoms with Crippen molar-refractivity contribution in [3.63, 3.8) is 0 Å². The average molecular weight is 292 g/mol. The molecule has 1 aliphatic rings. The highest BCUT2D eigenvalue weighted by Gasteiger charge is 2.25. The summed E-state index contributed by atoms with van der Waals surface area (Å²) < 4.78 is 27.2. The lowest BCUT2D eigenvalue weighted by molar-refractivity contribution is 0.310. The number of nitrogens with one attached hydrogen (secondary N) is 1. The molecule has 2 unspecified atom stereocenters. The number of benzene rings is 1. The van der Waals surface area contributed by atoms with Crippen LogP contribution in [-0.4, -0.2) is 14.5 Å². The molecule has 1 aromatic rings. The number of hydrogen-bond donors (Lipinski definition) is 1. The van der Waals surface area contributed by atoms with Crippen molar-refractivity contribution in [3.8, 4) is 6.07 Å². The maximum atomic E-state index is 12.2. The van der Waals surface area contributed by atoms with Crippen LogP contribution in [0.5, 0.6) is 0 Å². The summed E-state index contributed by atoms with van der Waals surface area (Å²) in [6.07, 6.45) is 4.29. The number of sulfonamides is 1. The zero-order chi connectivity index (χ0) is 14.6. The summed E-state index contributed by atoms with van der Waals surface area (Å²) in [7, 11) is -3.32. The molecule has 0 radical (unpaired) electrons. The van der Waals surface area contributed by atoms with Gasteiger partial charge in [-0.15, -0.1) is 0 Å². The summed E-state index contributed by atoms with van der Waals surface area (Å²) in [5, 5.41) is 8.73. The molecule has 0 aromatic heterocycles. The van der Waals surface area contributed by atoms with E-state index < -0.39 is 10.0 Å². The van der Waals surface area contributed by atoms with Crippen LogP contribution < -0.4 is 4.72 Å². The first-order valence-corrected chi connectivity index (χ1v) is 8.64. The number of hydrogen-bond acceptors (Lipinski definition) is 3. The zero-order valence-corrected chi connectivity index (χ0v) is 12.5. The minimum Gasteiger partial charge on any atom is -0.212 e. The molecule has 0 aliphatic heterocycles. The molecule has 2 atom stereocenters. The quantitative estimate of drug-likeness (QED) is 0.927. The molecule has 1 N–H and O–H groups in total. The molecule has 0 heterocycles. The molecule has 1 aliphatic carbocycles. The predicted molar refractivity (Wildman–Crippen MR) is 78.3 cm³/mol. The third kappa shape index (κ3) is 4.06. The third-order valence-corrected chi connectivity index (χ3v) is 5.26. The van der Waals surface area contributed by atoms with Gasteiger partial charge in [0.05, 0.1) is 17.4 Å². The Morgan fingerprint density at radius 2 is 1.90 bits per heavy atom. The van der Waals surface area contributed by atoms with E-state index in [2.05, 4.69) is 11.6 Å². The van der Waals surface area contributed by atoms with Gasteiger partial charge in [-0.05, 0) is 36.5 Å². The molecule has 0 amide bonds. The van der Waals surface area contributed by atoms with Crippen LogP contribution in [0, 0.1) is 17.2 Å². The first-order valence-electron chi connectivity index (χ1n) is 6.99. The zero-order valence-electron chi connectivity index (χ0n) is 11.7. The van der Waals surface area contributed by atoms with Crippen molar-refractivity contribution in [2.45, 2.75) is 44.4 Å². The van der Waals surface area contributed by atoms with E-state index in [-0.39, 0.29) is 11.8 Å². The van der Waals surface area contributed by atoms with E-state index in [9.17, 15) is 8.42 Å². The molecular weight excluding hydrogens is 272 g/mol. The molecule has 1 saturated carbocycles. The minimum atomic E-state index is -3.32. The summed E-state index contributed by atoms with van der Waals surface area (Å²) >= 11 is 0. The Labute approximate surface area is 120 Å². The number of nitrogens with zero attached hydrogens (tertiary/aromatic N) is 1. The Morgan fingerprint density at radius 3 is 2.50 bits per heavy atom. The maximum Gasteiger partial charge on any atom is 0.216 e. The van der Waals surface area contributed by atoms with Gasteiger partial charge in [0, 0.05) is 6.04 Å². The fourth-order valence-corrected chi connectivity index (χ4v) is 4.18. The highest BCUT2D eigenvalue weighted by molar-refractivity contribution is 7.88. The normalized spacial score (nSPS) is 23.2. The molecule has 1 aromatic carbocycles. The molecule has 108 valence electrons. The second-order valence-corrected chi connectivity index (χ2v) is 7.31. The first-order chi connectivity index (χ1) is 9.50. The third-order valence-electron chi connectivity index (χ3n) is 3.88. The van der Waals surface area contributed by atoms with Crippen LogP contribution >= 0.6 is 0 Å². The van der Waals surface area contributed by atoms with E-state index in [1.54, 1.807) is 24.3 Å². The summed E-state index contributed by atoms with van der Waals surface area (Å²) in [6, 6.07) is 8.77. The van der Waals surface area contributed by atoms with E-state index in [4.69, 9.17) is 5.26 Å². The van der Waals surface area contributed by atoms with Crippen molar-refractivity contribution in [2.75, 3.05) is 0 Å². The molecule has 5 heteroatoms. The van der Waals surface area contributed by atoms with Crippen molar-refractivity contribution in [1.82, 2.24) is 4.72 Å². The SMILES string of the molecule is CC1CCCCC1NS(=O)(=O)Cc1ccc(C#N)cc1. The van der Waals surface area contributed by atoms with Crippen LogP contribution in [0.3, 0.4) is 0 Å². The Kier molecular flexibility index (Phi) is 4.79. The van der Waals surface area contributed by atoms with Crippen LogP contribution in [0.1, 0.15) is 43.7 Å². The summed E-state index contributed by atoms with van der Waals surface area (Å²) in [6.45, 7) is 2.11. The fraction of sp³-hybridized carbons (Fsp3) is 0.533. The predicted octanol–water partition coefficient (Wildman–Crippen LogP) is 2.56. The van der Waals surface area contributed by atoms with Gasteiger partial charge in [0.25, 0.3) is 0 Å². The van der Waals surface area contributed by atoms with Crippen LogP contribution in [0.4, 0.5) is 0 Å². The van der Waals surface area contributed by atoms with E-state index in [1.165, 1.54) is 6.42 Å². The number of nitriles is 1. The largest absolute Gasteiger partial charge is 0.216 e. The van der Waals surface area contributed by atoms with Gasteiger partial charge in [0.2, 0.25) is 10.0 Å². The average Bonchev–Trinajstić information content (AvgIpc) is 2.41. The first kappa shape index (κ1) is 15.0. The van der Waals surface area contributed by atoms with Crippen molar-refractivity contribution in [2.24, 2.45) is 5.92 Å². The Hall–Kier alpha value is -1.38. The van der Waals surface area contributed by atoms with Crippen molar-refractivity contribution >= 4 is 10.0 Å². The summed E-state index contributed by atoms with van der Waals surface area (Å²) in [5.41, 5.74) is 1.25. The Balaban J connectivity index is 2.01. The minimum absolute atomic E-state index is 0.0259. The lowest BCUT2D eigenvalue weighted by Gasteiger charge is -2.29. The topological polar surface area (TPSA) is 70.0 Å². The lowest BCUT2D eigenvalue weighted by Crippen LogP contribution is -2.41. The highest BCUT2D eigenvalue weighted by Crippen LogP contribution is 2.24. The second kappa shape index (κ2) is 6.38. The van der Waals surface area contributed by atoms with Crippen LogP contribution in [0.15, 0.2) is 24.3 Å². The monoisotopic (exact) mass is 292 g/mol. The van der Waals surface area contributed by atoms with E-state index >= 15 is 0 Å². The van der Waals surface area contributed by atoms with Gasteiger partial charge in [-0.3, -0.25) is 0 Å². The summed E-state index contributed by atoms with van der Waals surface area (Å²) in [4.78, 5) is 0. The molecule has 0 spiro atoms. The van der Waals surface area contributed by atoms with Crippen LogP contribution in [-0.2, 0) is 15.8 Å². The van der Waals surface area contributed by atoms with Gasteiger partial charge < -0.3 is 0 Å². The smallest absolute Gasteiger partial charge is 0.212 e. The lowest BCUT2D eigenvalue weighted by atomic mass is 9.87. The van der Waals surface area contributed by atoms with Crippen molar-refractivity contribution in [1.29, 1.82) is 5.26 Å². The summed E-state index contributed by atoms with van der Waals surface area (Å²) in [5.74, 6) is 0.376. The van der Waals surface area contributed by atoms with Gasteiger partial charge in [0.15, 0.2) is 0 Å². The maximum absolute atomic E-state index is 12.2. The highest BCUT2D eigenvalue weighted by atomic mass is 32.2. The van der Waals surface area contributed by atoms with Gasteiger partial charge in [-0.2, -0.15) is 5.26 Å². The van der Waals surface area contributed by atoms with Crippen molar-refractivity contribution < 1.29 is 8.42 Å². The van der Waals surface area contributed by atoms with Gasteiger partial charge in [-0.25, -0.2) is 13.1 Å². The second-order valence-electron chi connectivity index (χ2n) is 5.55. The van der Waals surface area contributed by atoms with E-state index in [0.717, 1.165) is 19.3 Å². The fourth-order valence-electron chi connectivity index (χ4n) is 2.66. The van der Waals surface area contributed by atoms with Gasteiger partial charge >= 0.3 is 0 Å². The molecule has 0 bridgehead atoms. The Morgan fingerprint density at radius 1 is 1.25 bits per heavy atom. The van der Waals surface area contributed by atoms with E-state index in [1.807, 2.05) is 6.07 Å². The van der Waals surface area contributed by atoms with Crippen LogP contribution in [0.2, 0.25) is 0 Å². The van der Waals surface area contributed by atoms with Crippen molar-refractivity contribution in [3.05, 3.63) is 35.4 Å². The van der Waals surface area contributed by atoms with Gasteiger partial charge in [0.1, 0.15) is 0 Å². The van der Waals surface area contributed by atoms with Crippen LogP contribution in [0.25, 0.3) is 0 Å². The Bertz CT molecular complexity index is 587. The molecule has 1 fully saturated rings. The molecule has 20 heavy (non-hydrogen) atoms.